The molecule has 160 valence electrons. The number of benzene rings is 1. The molecule has 1 aromatic carbocycles. The Bertz CT molecular complexity index is 978. The summed E-state index contributed by atoms with van der Waals surface area (Å²) >= 11 is 0. The van der Waals surface area contributed by atoms with E-state index < -0.39 is 11.6 Å². The first-order chi connectivity index (χ1) is 14.3. The van der Waals surface area contributed by atoms with Gasteiger partial charge < -0.3 is 19.7 Å². The first-order valence-corrected chi connectivity index (χ1v) is 10.3. The molecule has 0 bridgehead atoms. The van der Waals surface area contributed by atoms with Gasteiger partial charge in [0.25, 0.3) is 5.91 Å². The Morgan fingerprint density at radius 3 is 2.60 bits per heavy atom. The van der Waals surface area contributed by atoms with Gasteiger partial charge in [0.05, 0.1) is 42.4 Å². The zero-order valence-corrected chi connectivity index (χ0v) is 17.9. The minimum Gasteiger partial charge on any atom is -0.484 e. The van der Waals surface area contributed by atoms with E-state index >= 15 is 0 Å². The summed E-state index contributed by atoms with van der Waals surface area (Å²) in [6.07, 6.45) is 1.33. The summed E-state index contributed by atoms with van der Waals surface area (Å²) in [4.78, 5) is 28.2. The molecular weight excluding hydrogens is 384 g/mol. The van der Waals surface area contributed by atoms with Crippen molar-refractivity contribution < 1.29 is 19.1 Å². The van der Waals surface area contributed by atoms with Crippen LogP contribution in [0.5, 0.6) is 5.75 Å². The van der Waals surface area contributed by atoms with Gasteiger partial charge in [0.15, 0.2) is 0 Å². The second-order valence-electron chi connectivity index (χ2n) is 8.16. The van der Waals surface area contributed by atoms with Gasteiger partial charge in [0.2, 0.25) is 5.91 Å². The second-order valence-corrected chi connectivity index (χ2v) is 8.16. The smallest absolute Gasteiger partial charge is 0.258 e. The van der Waals surface area contributed by atoms with Crippen molar-refractivity contribution in [3.05, 3.63) is 41.2 Å². The molecule has 8 nitrogen and oxygen atoms in total. The van der Waals surface area contributed by atoms with E-state index in [2.05, 4.69) is 10.4 Å². The number of hydrogen-bond donors (Lipinski definition) is 1. The van der Waals surface area contributed by atoms with Crippen LogP contribution in [-0.2, 0) is 16.6 Å². The Morgan fingerprint density at radius 1 is 1.23 bits per heavy atom. The molecule has 0 aliphatic carbocycles. The number of amides is 2. The van der Waals surface area contributed by atoms with E-state index in [1.807, 2.05) is 39.1 Å². The number of carbonyl (C=O) groups excluding carboxylic acids is 2. The summed E-state index contributed by atoms with van der Waals surface area (Å²) in [5, 5.41) is 7.32. The molecule has 4 rings (SSSR count). The van der Waals surface area contributed by atoms with Crippen molar-refractivity contribution in [1.82, 2.24) is 14.7 Å². The van der Waals surface area contributed by atoms with Crippen LogP contribution in [0.3, 0.4) is 0 Å². The summed E-state index contributed by atoms with van der Waals surface area (Å²) in [5.41, 5.74) is 2.22. The molecule has 2 aliphatic heterocycles. The molecule has 1 aromatic heterocycles. The lowest BCUT2D eigenvalue weighted by Gasteiger charge is -2.40. The maximum Gasteiger partial charge on any atom is 0.258 e. The van der Waals surface area contributed by atoms with Gasteiger partial charge in [-0.05, 0) is 32.9 Å². The Labute approximate surface area is 176 Å². The minimum atomic E-state index is -0.675. The van der Waals surface area contributed by atoms with Crippen LogP contribution >= 0.6 is 0 Å². The van der Waals surface area contributed by atoms with Crippen LogP contribution in [0.1, 0.15) is 41.5 Å². The Hall–Kier alpha value is -2.87. The lowest BCUT2D eigenvalue weighted by atomic mass is 9.92. The molecule has 30 heavy (non-hydrogen) atoms. The topological polar surface area (TPSA) is 85.7 Å². The zero-order chi connectivity index (χ0) is 21.5. The summed E-state index contributed by atoms with van der Waals surface area (Å²) in [7, 11) is 1.84. The first-order valence-electron chi connectivity index (χ1n) is 10.3. The van der Waals surface area contributed by atoms with Crippen LogP contribution in [0, 0.1) is 13.8 Å². The summed E-state index contributed by atoms with van der Waals surface area (Å²) in [5.74, 6) is 0.124. The lowest BCUT2D eigenvalue weighted by molar-refractivity contribution is -0.121. The third-order valence-electron chi connectivity index (χ3n) is 6.17. The molecule has 1 unspecified atom stereocenters. The SMILES string of the molecule is Cc1nn(C)c(C)c1NC(=O)C(C)N1CC2(CCOCC2)Oc2ccccc2C1=O. The van der Waals surface area contributed by atoms with E-state index in [0.717, 1.165) is 11.4 Å². The number of aromatic nitrogens is 2. The monoisotopic (exact) mass is 412 g/mol. The predicted octanol–water partition coefficient (Wildman–Crippen LogP) is 2.45. The number of hydrogen-bond acceptors (Lipinski definition) is 5. The Kier molecular flexibility index (Phi) is 5.27. The van der Waals surface area contributed by atoms with Crippen LogP contribution in [0.4, 0.5) is 5.69 Å². The molecule has 2 aliphatic rings. The highest BCUT2D eigenvalue weighted by Gasteiger charge is 2.44. The highest BCUT2D eigenvalue weighted by Crippen LogP contribution is 2.35. The average molecular weight is 412 g/mol. The van der Waals surface area contributed by atoms with Crippen LogP contribution in [0.15, 0.2) is 24.3 Å². The van der Waals surface area contributed by atoms with Gasteiger partial charge in [-0.25, -0.2) is 0 Å². The largest absolute Gasteiger partial charge is 0.484 e. The number of nitrogens with zero attached hydrogens (tertiary/aromatic N) is 3. The molecule has 1 saturated heterocycles. The van der Waals surface area contributed by atoms with Crippen molar-refractivity contribution in [2.75, 3.05) is 25.1 Å². The number of para-hydroxylation sites is 1. The average Bonchev–Trinajstić information content (AvgIpc) is 2.91. The molecular formula is C22H28N4O4. The van der Waals surface area contributed by atoms with Crippen molar-refractivity contribution in [3.63, 3.8) is 0 Å². The van der Waals surface area contributed by atoms with Gasteiger partial charge in [-0.1, -0.05) is 12.1 Å². The molecule has 1 N–H and O–H groups in total. The quantitative estimate of drug-likeness (QED) is 0.837. The van der Waals surface area contributed by atoms with Crippen molar-refractivity contribution >= 4 is 17.5 Å². The van der Waals surface area contributed by atoms with E-state index in [-0.39, 0.29) is 11.8 Å². The Morgan fingerprint density at radius 2 is 1.93 bits per heavy atom. The maximum atomic E-state index is 13.4. The van der Waals surface area contributed by atoms with E-state index in [0.29, 0.717) is 49.6 Å². The molecule has 2 aromatic rings. The van der Waals surface area contributed by atoms with Gasteiger partial charge in [-0.3, -0.25) is 14.3 Å². The van der Waals surface area contributed by atoms with E-state index in [1.165, 1.54) is 0 Å². The number of ether oxygens (including phenoxy) is 2. The highest BCUT2D eigenvalue weighted by atomic mass is 16.5. The number of rotatable bonds is 3. The summed E-state index contributed by atoms with van der Waals surface area (Å²) in [6, 6.07) is 6.57. The minimum absolute atomic E-state index is 0.198. The van der Waals surface area contributed by atoms with Crippen molar-refractivity contribution in [1.29, 1.82) is 0 Å². The lowest BCUT2D eigenvalue weighted by Crippen LogP contribution is -2.55. The van der Waals surface area contributed by atoms with Gasteiger partial charge in [0.1, 0.15) is 17.4 Å². The van der Waals surface area contributed by atoms with Crippen molar-refractivity contribution in [2.24, 2.45) is 7.05 Å². The molecule has 1 atom stereocenters. The first kappa shape index (κ1) is 20.4. The highest BCUT2D eigenvalue weighted by molar-refractivity contribution is 6.03. The number of anilines is 1. The maximum absolute atomic E-state index is 13.4. The summed E-state index contributed by atoms with van der Waals surface area (Å²) in [6.45, 7) is 6.99. The number of aryl methyl sites for hydroxylation is 2. The van der Waals surface area contributed by atoms with E-state index in [4.69, 9.17) is 9.47 Å². The normalized spacial score (nSPS) is 19.1. The standard InChI is InChI=1S/C22H28N4O4/c1-14-19(15(2)25(4)24-14)23-20(27)16(3)26-13-22(9-11-29-12-10-22)30-18-8-6-5-7-17(18)21(26)28/h5-8,16H,9-13H2,1-4H3,(H,23,27). The van der Waals surface area contributed by atoms with E-state index in [1.54, 1.807) is 22.6 Å². The molecule has 0 saturated carbocycles. The van der Waals surface area contributed by atoms with Crippen LogP contribution in [-0.4, -0.2) is 57.9 Å². The molecule has 2 amide bonds. The van der Waals surface area contributed by atoms with Gasteiger partial charge in [-0.2, -0.15) is 5.10 Å². The van der Waals surface area contributed by atoms with Crippen LogP contribution in [0.25, 0.3) is 0 Å². The molecule has 3 heterocycles. The fourth-order valence-corrected chi connectivity index (χ4v) is 4.17. The molecule has 0 radical (unpaired) electrons. The fraction of sp³-hybridized carbons (Fsp3) is 0.500. The third-order valence-corrected chi connectivity index (χ3v) is 6.17. The van der Waals surface area contributed by atoms with Gasteiger partial charge >= 0.3 is 0 Å². The Balaban J connectivity index is 1.65. The van der Waals surface area contributed by atoms with Crippen LogP contribution < -0.4 is 10.1 Å². The van der Waals surface area contributed by atoms with Crippen molar-refractivity contribution in [3.8, 4) is 5.75 Å². The van der Waals surface area contributed by atoms with E-state index in [9.17, 15) is 9.59 Å². The fourth-order valence-electron chi connectivity index (χ4n) is 4.17. The summed E-state index contributed by atoms with van der Waals surface area (Å²) < 4.78 is 13.6. The number of nitrogens with one attached hydrogen (secondary N) is 1. The van der Waals surface area contributed by atoms with Crippen molar-refractivity contribution in [2.45, 2.75) is 45.3 Å². The number of carbonyl (C=O) groups is 2. The molecule has 8 heteroatoms. The number of fused-ring (bicyclic) bond motifs is 1. The zero-order valence-electron chi connectivity index (χ0n) is 17.9. The van der Waals surface area contributed by atoms with Crippen LogP contribution in [0.2, 0.25) is 0 Å². The van der Waals surface area contributed by atoms with Gasteiger partial charge in [-0.15, -0.1) is 0 Å². The molecule has 1 spiro atoms. The third kappa shape index (κ3) is 3.56. The van der Waals surface area contributed by atoms with Gasteiger partial charge in [0, 0.05) is 19.9 Å². The molecule has 1 fully saturated rings. The second kappa shape index (κ2) is 7.75. The predicted molar refractivity (Wildman–Crippen MR) is 112 cm³/mol.